The Morgan fingerprint density at radius 3 is 2.52 bits per heavy atom. The zero-order valence-corrected chi connectivity index (χ0v) is 14.6. The number of unbranched alkanes of at least 4 members (excludes halogenated alkanes) is 1. The molecule has 3 nitrogen and oxygen atoms in total. The van der Waals surface area contributed by atoms with Crippen molar-refractivity contribution >= 4 is 33.5 Å². The van der Waals surface area contributed by atoms with Crippen LogP contribution in [0.3, 0.4) is 0 Å². The molecule has 21 heavy (non-hydrogen) atoms. The summed E-state index contributed by atoms with van der Waals surface area (Å²) in [5.41, 5.74) is 1.06. The first kappa shape index (κ1) is 16.9. The summed E-state index contributed by atoms with van der Waals surface area (Å²) < 4.78 is 28.2. The maximum absolute atomic E-state index is 12.1. The highest BCUT2D eigenvalue weighted by molar-refractivity contribution is 8.22. The predicted molar refractivity (Wildman–Crippen MR) is 93.2 cm³/mol. The molecule has 0 saturated carbocycles. The van der Waals surface area contributed by atoms with Crippen LogP contribution >= 0.6 is 23.5 Å². The summed E-state index contributed by atoms with van der Waals surface area (Å²) in [6, 6.07) is 6.93. The Balaban J connectivity index is 1.76. The van der Waals surface area contributed by atoms with Crippen LogP contribution in [-0.2, 0) is 10.0 Å². The third-order valence-corrected chi connectivity index (χ3v) is 7.16. The Hall–Kier alpha value is -0.430. The summed E-state index contributed by atoms with van der Waals surface area (Å²) in [5, 5.41) is 0. The molecule has 1 aromatic carbocycles. The molecule has 116 valence electrons. The number of nitrogens with one attached hydrogen (secondary N) is 1. The van der Waals surface area contributed by atoms with E-state index in [2.05, 4.69) is 10.8 Å². The normalized spacial score (nSPS) is 16.0. The molecule has 0 bridgehead atoms. The smallest absolute Gasteiger partial charge is 0.211 e. The summed E-state index contributed by atoms with van der Waals surface area (Å²) in [4.78, 5) is 0.338. The van der Waals surface area contributed by atoms with E-state index in [-0.39, 0.29) is 0 Å². The maximum Gasteiger partial charge on any atom is 0.240 e. The molecule has 1 aliphatic rings. The topological polar surface area (TPSA) is 46.2 Å². The second-order valence-corrected chi connectivity index (χ2v) is 9.23. The molecule has 1 aliphatic heterocycles. The lowest BCUT2D eigenvalue weighted by Gasteiger charge is -2.12. The van der Waals surface area contributed by atoms with Crippen molar-refractivity contribution in [1.82, 2.24) is 4.72 Å². The minimum absolute atomic E-state index is 0.338. The monoisotopic (exact) mass is 343 g/mol. The number of aryl methyl sites for hydroxylation is 1. The fourth-order valence-electron chi connectivity index (χ4n) is 1.89. The molecular formula is C15H21NO2S3. The number of allylic oxidation sites excluding steroid dienone is 1. The number of rotatable bonds is 6. The lowest BCUT2D eigenvalue weighted by Crippen LogP contribution is -2.24. The molecule has 1 saturated heterocycles. The number of thioether (sulfide) groups is 2. The van der Waals surface area contributed by atoms with E-state index in [4.69, 9.17) is 0 Å². The van der Waals surface area contributed by atoms with Gasteiger partial charge in [-0.1, -0.05) is 23.8 Å². The summed E-state index contributed by atoms with van der Waals surface area (Å²) >= 11 is 3.82. The van der Waals surface area contributed by atoms with Crippen LogP contribution in [0.1, 0.15) is 24.8 Å². The van der Waals surface area contributed by atoms with Crippen LogP contribution in [0.2, 0.25) is 0 Å². The number of sulfonamides is 1. The average molecular weight is 344 g/mol. The quantitative estimate of drug-likeness (QED) is 0.799. The van der Waals surface area contributed by atoms with Crippen LogP contribution in [-0.4, -0.2) is 26.5 Å². The van der Waals surface area contributed by atoms with Gasteiger partial charge in [0, 0.05) is 10.8 Å². The van der Waals surface area contributed by atoms with E-state index in [0.29, 0.717) is 11.4 Å². The lowest BCUT2D eigenvalue weighted by atomic mass is 10.2. The van der Waals surface area contributed by atoms with Gasteiger partial charge in [-0.2, -0.15) is 0 Å². The minimum Gasteiger partial charge on any atom is -0.211 e. The first-order valence-electron chi connectivity index (χ1n) is 7.10. The fraction of sp³-hybridized carbons (Fsp3) is 0.467. The molecule has 0 amide bonds. The molecule has 0 aromatic heterocycles. The third-order valence-electron chi connectivity index (χ3n) is 3.09. The minimum atomic E-state index is -3.36. The van der Waals surface area contributed by atoms with Gasteiger partial charge < -0.3 is 0 Å². The highest BCUT2D eigenvalue weighted by Crippen LogP contribution is 2.34. The molecule has 0 spiro atoms. The van der Waals surface area contributed by atoms with Gasteiger partial charge >= 0.3 is 0 Å². The molecule has 0 unspecified atom stereocenters. The van der Waals surface area contributed by atoms with Crippen molar-refractivity contribution in [3.8, 4) is 0 Å². The average Bonchev–Trinajstić information content (AvgIpc) is 2.48. The van der Waals surface area contributed by atoms with Crippen LogP contribution in [0, 0.1) is 6.92 Å². The van der Waals surface area contributed by atoms with E-state index in [9.17, 15) is 8.42 Å². The largest absolute Gasteiger partial charge is 0.240 e. The van der Waals surface area contributed by atoms with Gasteiger partial charge in [-0.05, 0) is 49.8 Å². The van der Waals surface area contributed by atoms with E-state index in [1.807, 2.05) is 42.6 Å². The summed E-state index contributed by atoms with van der Waals surface area (Å²) in [6.07, 6.45) is 5.26. The Kier molecular flexibility index (Phi) is 6.67. The highest BCUT2D eigenvalue weighted by atomic mass is 32.2. The van der Waals surface area contributed by atoms with Gasteiger partial charge in [0.2, 0.25) is 10.0 Å². The molecule has 1 N–H and O–H groups in total. The number of hydrogen-bond donors (Lipinski definition) is 1. The molecule has 0 aliphatic carbocycles. The van der Waals surface area contributed by atoms with Crippen molar-refractivity contribution in [1.29, 1.82) is 0 Å². The van der Waals surface area contributed by atoms with Crippen molar-refractivity contribution in [2.24, 2.45) is 0 Å². The van der Waals surface area contributed by atoms with Gasteiger partial charge in [0.05, 0.1) is 4.90 Å². The van der Waals surface area contributed by atoms with E-state index in [1.54, 1.807) is 12.1 Å². The van der Waals surface area contributed by atoms with Crippen molar-refractivity contribution in [2.45, 2.75) is 31.1 Å². The van der Waals surface area contributed by atoms with Crippen molar-refractivity contribution in [3.63, 3.8) is 0 Å². The molecule has 2 rings (SSSR count). The maximum atomic E-state index is 12.1. The molecule has 0 radical (unpaired) electrons. The number of benzene rings is 1. The SMILES string of the molecule is Cc1ccc(S(=O)(=O)NCCCC=C2SCCCS2)cc1. The second-order valence-electron chi connectivity index (χ2n) is 4.93. The van der Waals surface area contributed by atoms with Crippen LogP contribution < -0.4 is 4.72 Å². The van der Waals surface area contributed by atoms with E-state index in [0.717, 1.165) is 18.4 Å². The van der Waals surface area contributed by atoms with E-state index in [1.165, 1.54) is 22.2 Å². The molecule has 1 heterocycles. The van der Waals surface area contributed by atoms with E-state index >= 15 is 0 Å². The van der Waals surface area contributed by atoms with Gasteiger partial charge in [0.15, 0.2) is 0 Å². The fourth-order valence-corrected chi connectivity index (χ4v) is 5.43. The van der Waals surface area contributed by atoms with Gasteiger partial charge in [-0.3, -0.25) is 0 Å². The predicted octanol–water partition coefficient (Wildman–Crippen LogP) is 3.77. The second kappa shape index (κ2) is 8.27. The summed E-state index contributed by atoms with van der Waals surface area (Å²) in [5.74, 6) is 2.41. The van der Waals surface area contributed by atoms with Crippen LogP contribution in [0.5, 0.6) is 0 Å². The molecule has 0 atom stereocenters. The van der Waals surface area contributed by atoms with Gasteiger partial charge in [0.25, 0.3) is 0 Å². The first-order valence-corrected chi connectivity index (χ1v) is 10.6. The van der Waals surface area contributed by atoms with Gasteiger partial charge in [0.1, 0.15) is 0 Å². The van der Waals surface area contributed by atoms with Crippen molar-refractivity contribution in [3.05, 3.63) is 40.1 Å². The Morgan fingerprint density at radius 1 is 1.19 bits per heavy atom. The lowest BCUT2D eigenvalue weighted by molar-refractivity contribution is 0.579. The van der Waals surface area contributed by atoms with Crippen molar-refractivity contribution in [2.75, 3.05) is 18.1 Å². The van der Waals surface area contributed by atoms with Crippen LogP contribution in [0.4, 0.5) is 0 Å². The Labute approximate surface area is 136 Å². The zero-order valence-electron chi connectivity index (χ0n) is 12.2. The third kappa shape index (κ3) is 5.70. The molecule has 1 aromatic rings. The first-order chi connectivity index (χ1) is 10.1. The molecular weight excluding hydrogens is 322 g/mol. The van der Waals surface area contributed by atoms with E-state index < -0.39 is 10.0 Å². The number of hydrogen-bond acceptors (Lipinski definition) is 4. The van der Waals surface area contributed by atoms with Gasteiger partial charge in [-0.15, -0.1) is 23.5 Å². The molecule has 1 fully saturated rings. The molecule has 6 heteroatoms. The van der Waals surface area contributed by atoms with Crippen LogP contribution in [0.15, 0.2) is 39.5 Å². The Bertz CT molecular complexity index is 571. The van der Waals surface area contributed by atoms with Crippen molar-refractivity contribution < 1.29 is 8.42 Å². The standard InChI is InChI=1S/C15H21NO2S3/c1-13-6-8-14(9-7-13)21(17,18)16-10-3-2-5-15-19-11-4-12-20-15/h5-9,16H,2-4,10-12H2,1H3. The Morgan fingerprint density at radius 2 is 1.86 bits per heavy atom. The summed E-state index contributed by atoms with van der Waals surface area (Å²) in [7, 11) is -3.36. The highest BCUT2D eigenvalue weighted by Gasteiger charge is 2.12. The van der Waals surface area contributed by atoms with Crippen LogP contribution in [0.25, 0.3) is 0 Å². The zero-order chi connectivity index (χ0) is 15.1. The van der Waals surface area contributed by atoms with Gasteiger partial charge in [-0.25, -0.2) is 13.1 Å². The summed E-state index contributed by atoms with van der Waals surface area (Å²) in [6.45, 7) is 2.42.